The number of hydrogen-bond donors (Lipinski definition) is 2. The van der Waals surface area contributed by atoms with Crippen molar-refractivity contribution < 1.29 is 14.7 Å². The summed E-state index contributed by atoms with van der Waals surface area (Å²) in [5, 5.41) is 12.6. The van der Waals surface area contributed by atoms with Crippen molar-refractivity contribution in [2.45, 2.75) is 44.7 Å². The van der Waals surface area contributed by atoms with E-state index in [0.717, 1.165) is 37.9 Å². The molecule has 0 aromatic carbocycles. The Bertz CT molecular complexity index is 612. The third-order valence-electron chi connectivity index (χ3n) is 5.85. The summed E-state index contributed by atoms with van der Waals surface area (Å²) >= 11 is 0. The standard InChI is InChI=1S/C16H21N3O3/c20-15(11-3-4-19-8-17-7-12(19)6-11)18-14-10-2-1-9(5-10)13(14)16(21)22/h7-11,13-14H,1-6H2,(H,18,20)(H,21,22)/t9-,10+,11?,13+,14-/m1/s1. The zero-order valence-electron chi connectivity index (χ0n) is 12.4. The number of carboxylic acids is 1. The summed E-state index contributed by atoms with van der Waals surface area (Å²) < 4.78 is 2.08. The van der Waals surface area contributed by atoms with E-state index in [9.17, 15) is 14.7 Å². The minimum absolute atomic E-state index is 0.0243. The molecule has 6 heteroatoms. The molecule has 1 aromatic heterocycles. The molecule has 22 heavy (non-hydrogen) atoms. The number of nitrogens with zero attached hydrogens (tertiary/aromatic N) is 2. The lowest BCUT2D eigenvalue weighted by molar-refractivity contribution is -0.145. The monoisotopic (exact) mass is 303 g/mol. The Morgan fingerprint density at radius 3 is 2.91 bits per heavy atom. The lowest BCUT2D eigenvalue weighted by Gasteiger charge is -2.31. The summed E-state index contributed by atoms with van der Waals surface area (Å²) in [7, 11) is 0. The summed E-state index contributed by atoms with van der Waals surface area (Å²) in [5.41, 5.74) is 1.09. The van der Waals surface area contributed by atoms with E-state index in [1.165, 1.54) is 0 Å². The molecule has 2 saturated carbocycles. The van der Waals surface area contributed by atoms with Crippen molar-refractivity contribution >= 4 is 11.9 Å². The molecular formula is C16H21N3O3. The van der Waals surface area contributed by atoms with Crippen LogP contribution in [0.1, 0.15) is 31.4 Å². The number of carbonyl (C=O) groups is 2. The fourth-order valence-corrected chi connectivity index (χ4v) is 4.73. The Morgan fingerprint density at radius 1 is 1.27 bits per heavy atom. The maximum absolute atomic E-state index is 12.6. The van der Waals surface area contributed by atoms with Gasteiger partial charge in [0.05, 0.1) is 12.2 Å². The molecule has 2 bridgehead atoms. The summed E-state index contributed by atoms with van der Waals surface area (Å²) in [5.74, 6) is -0.574. The van der Waals surface area contributed by atoms with Gasteiger partial charge in [-0.2, -0.15) is 0 Å². The van der Waals surface area contributed by atoms with Gasteiger partial charge in [-0.25, -0.2) is 4.98 Å². The van der Waals surface area contributed by atoms with E-state index >= 15 is 0 Å². The number of carboxylic acid groups (broad SMARTS) is 1. The Morgan fingerprint density at radius 2 is 2.09 bits per heavy atom. The molecule has 2 aliphatic carbocycles. The minimum atomic E-state index is -0.751. The number of aryl methyl sites for hydroxylation is 1. The number of rotatable bonds is 3. The molecule has 1 aromatic rings. The fraction of sp³-hybridized carbons (Fsp3) is 0.688. The van der Waals surface area contributed by atoms with Crippen molar-refractivity contribution in [2.75, 3.05) is 0 Å². The van der Waals surface area contributed by atoms with Crippen LogP contribution in [0, 0.1) is 23.7 Å². The number of hydrogen-bond acceptors (Lipinski definition) is 3. The van der Waals surface area contributed by atoms with E-state index in [0.29, 0.717) is 12.3 Å². The van der Waals surface area contributed by atoms with Gasteiger partial charge >= 0.3 is 5.97 Å². The molecular weight excluding hydrogens is 282 g/mol. The lowest BCUT2D eigenvalue weighted by Crippen LogP contribution is -2.49. The molecule has 4 rings (SSSR count). The van der Waals surface area contributed by atoms with Crippen molar-refractivity contribution in [3.63, 3.8) is 0 Å². The molecule has 1 aliphatic heterocycles. The second-order valence-corrected chi connectivity index (χ2v) is 7.00. The van der Waals surface area contributed by atoms with Gasteiger partial charge in [-0.05, 0) is 37.5 Å². The molecule has 5 atom stereocenters. The first kappa shape index (κ1) is 13.8. The molecule has 0 radical (unpaired) electrons. The van der Waals surface area contributed by atoms with Crippen LogP contribution in [0.2, 0.25) is 0 Å². The Labute approximate surface area is 128 Å². The number of amides is 1. The average Bonchev–Trinajstić information content (AvgIpc) is 3.21. The van der Waals surface area contributed by atoms with Crippen LogP contribution in [0.4, 0.5) is 0 Å². The highest BCUT2D eigenvalue weighted by Gasteiger charge is 2.51. The first-order valence-electron chi connectivity index (χ1n) is 8.15. The van der Waals surface area contributed by atoms with Crippen LogP contribution in [0.15, 0.2) is 12.5 Å². The smallest absolute Gasteiger partial charge is 0.308 e. The molecule has 2 N–H and O–H groups in total. The first-order chi connectivity index (χ1) is 10.6. The summed E-state index contributed by atoms with van der Waals surface area (Å²) in [6.07, 6.45) is 8.13. The van der Waals surface area contributed by atoms with Gasteiger partial charge in [0, 0.05) is 36.8 Å². The van der Waals surface area contributed by atoms with Crippen molar-refractivity contribution in [1.82, 2.24) is 14.9 Å². The SMILES string of the molecule is O=C(N[C@@H]1[C@H]2CC[C@H](C2)[C@@H]1C(=O)O)C1CCn2cncc2C1. The van der Waals surface area contributed by atoms with Crippen LogP contribution in [0.25, 0.3) is 0 Å². The molecule has 2 heterocycles. The molecule has 6 nitrogen and oxygen atoms in total. The third-order valence-corrected chi connectivity index (χ3v) is 5.85. The number of carbonyl (C=O) groups excluding carboxylic acids is 1. The van der Waals surface area contributed by atoms with E-state index in [2.05, 4.69) is 14.9 Å². The van der Waals surface area contributed by atoms with Crippen LogP contribution >= 0.6 is 0 Å². The topological polar surface area (TPSA) is 84.2 Å². The molecule has 2 fully saturated rings. The summed E-state index contributed by atoms with van der Waals surface area (Å²) in [4.78, 5) is 28.2. The second kappa shape index (κ2) is 5.11. The van der Waals surface area contributed by atoms with Crippen LogP contribution < -0.4 is 5.32 Å². The van der Waals surface area contributed by atoms with Gasteiger partial charge < -0.3 is 15.0 Å². The number of fused-ring (bicyclic) bond motifs is 3. The number of aliphatic carboxylic acids is 1. The van der Waals surface area contributed by atoms with Crippen molar-refractivity contribution in [2.24, 2.45) is 23.7 Å². The van der Waals surface area contributed by atoms with Gasteiger partial charge in [-0.15, -0.1) is 0 Å². The van der Waals surface area contributed by atoms with Gasteiger partial charge in [0.2, 0.25) is 5.91 Å². The van der Waals surface area contributed by atoms with Gasteiger partial charge in [0.15, 0.2) is 0 Å². The predicted octanol–water partition coefficient (Wildman–Crippen LogP) is 1.06. The third kappa shape index (κ3) is 2.12. The van der Waals surface area contributed by atoms with E-state index in [4.69, 9.17) is 0 Å². The maximum Gasteiger partial charge on any atom is 0.308 e. The van der Waals surface area contributed by atoms with Gasteiger partial charge in [-0.1, -0.05) is 0 Å². The van der Waals surface area contributed by atoms with E-state index in [1.807, 2.05) is 6.20 Å². The molecule has 0 saturated heterocycles. The summed E-state index contributed by atoms with van der Waals surface area (Å²) in [6.45, 7) is 0.812. The Hall–Kier alpha value is -1.85. The largest absolute Gasteiger partial charge is 0.481 e. The highest BCUT2D eigenvalue weighted by atomic mass is 16.4. The zero-order valence-corrected chi connectivity index (χ0v) is 12.4. The number of imidazole rings is 1. The molecule has 1 amide bonds. The predicted molar refractivity (Wildman–Crippen MR) is 77.9 cm³/mol. The normalized spacial score (nSPS) is 36.1. The van der Waals surface area contributed by atoms with Crippen LogP contribution in [0.5, 0.6) is 0 Å². The molecule has 3 aliphatic rings. The van der Waals surface area contributed by atoms with Crippen LogP contribution in [-0.4, -0.2) is 32.6 Å². The van der Waals surface area contributed by atoms with E-state index in [1.54, 1.807) is 6.33 Å². The highest BCUT2D eigenvalue weighted by molar-refractivity contribution is 5.81. The van der Waals surface area contributed by atoms with E-state index < -0.39 is 11.9 Å². The number of aromatic nitrogens is 2. The number of nitrogens with one attached hydrogen (secondary N) is 1. The van der Waals surface area contributed by atoms with Crippen LogP contribution in [-0.2, 0) is 22.6 Å². The zero-order chi connectivity index (χ0) is 15.3. The van der Waals surface area contributed by atoms with Crippen molar-refractivity contribution in [1.29, 1.82) is 0 Å². The first-order valence-corrected chi connectivity index (χ1v) is 8.15. The quantitative estimate of drug-likeness (QED) is 0.874. The average molecular weight is 303 g/mol. The van der Waals surface area contributed by atoms with Crippen molar-refractivity contribution in [3.05, 3.63) is 18.2 Å². The minimum Gasteiger partial charge on any atom is -0.481 e. The van der Waals surface area contributed by atoms with E-state index in [-0.39, 0.29) is 23.8 Å². The Balaban J connectivity index is 1.45. The highest BCUT2D eigenvalue weighted by Crippen LogP contribution is 2.48. The molecule has 1 unspecified atom stereocenters. The van der Waals surface area contributed by atoms with Crippen molar-refractivity contribution in [3.8, 4) is 0 Å². The molecule has 118 valence electrons. The maximum atomic E-state index is 12.6. The Kier molecular flexibility index (Phi) is 3.20. The van der Waals surface area contributed by atoms with Gasteiger partial charge in [0.1, 0.15) is 0 Å². The van der Waals surface area contributed by atoms with Gasteiger partial charge in [0.25, 0.3) is 0 Å². The van der Waals surface area contributed by atoms with Gasteiger partial charge in [-0.3, -0.25) is 9.59 Å². The van der Waals surface area contributed by atoms with Crippen LogP contribution in [0.3, 0.4) is 0 Å². The molecule has 0 spiro atoms. The fourth-order valence-electron chi connectivity index (χ4n) is 4.73. The lowest BCUT2D eigenvalue weighted by atomic mass is 9.84. The summed E-state index contributed by atoms with van der Waals surface area (Å²) in [6, 6.07) is -0.171. The second-order valence-electron chi connectivity index (χ2n) is 7.00.